The van der Waals surface area contributed by atoms with Gasteiger partial charge in [0.1, 0.15) is 6.04 Å². The number of hydrogen-bond donors (Lipinski definition) is 1. The third-order valence-electron chi connectivity index (χ3n) is 3.24. The number of benzene rings is 2. The first-order chi connectivity index (χ1) is 11.0. The molecule has 4 nitrogen and oxygen atoms in total. The molecule has 0 saturated carbocycles. The molecule has 1 amide bonds. The van der Waals surface area contributed by atoms with Crippen LogP contribution in [0.1, 0.15) is 15.9 Å². The molecule has 2 rings (SSSR count). The molecule has 6 heteroatoms. The zero-order valence-corrected chi connectivity index (χ0v) is 13.9. The molecule has 120 valence electrons. The molecular formula is C17H15Cl2NO3. The molecule has 0 radical (unpaired) electrons. The number of rotatable bonds is 5. The lowest BCUT2D eigenvalue weighted by Gasteiger charge is -2.17. The minimum atomic E-state index is -0.831. The van der Waals surface area contributed by atoms with Crippen LogP contribution in [-0.2, 0) is 16.0 Å². The van der Waals surface area contributed by atoms with E-state index in [0.29, 0.717) is 15.6 Å². The molecule has 0 heterocycles. The highest BCUT2D eigenvalue weighted by molar-refractivity contribution is 6.33. The van der Waals surface area contributed by atoms with Gasteiger partial charge in [0, 0.05) is 11.4 Å². The zero-order valence-electron chi connectivity index (χ0n) is 12.4. The van der Waals surface area contributed by atoms with Gasteiger partial charge in [0.2, 0.25) is 0 Å². The van der Waals surface area contributed by atoms with Gasteiger partial charge in [-0.15, -0.1) is 0 Å². The van der Waals surface area contributed by atoms with Gasteiger partial charge in [0.25, 0.3) is 5.91 Å². The van der Waals surface area contributed by atoms with Gasteiger partial charge in [-0.2, -0.15) is 0 Å². The normalized spacial score (nSPS) is 11.6. The van der Waals surface area contributed by atoms with Crippen molar-refractivity contribution in [1.29, 1.82) is 0 Å². The van der Waals surface area contributed by atoms with Crippen LogP contribution in [0.4, 0.5) is 0 Å². The molecular weight excluding hydrogens is 337 g/mol. The molecule has 0 aliphatic carbocycles. The molecule has 0 aromatic heterocycles. The topological polar surface area (TPSA) is 55.4 Å². The Hall–Kier alpha value is -2.04. The van der Waals surface area contributed by atoms with Crippen molar-refractivity contribution in [3.8, 4) is 0 Å². The lowest BCUT2D eigenvalue weighted by Crippen LogP contribution is -2.43. The fourth-order valence-electron chi connectivity index (χ4n) is 2.12. The summed E-state index contributed by atoms with van der Waals surface area (Å²) in [5.41, 5.74) is 1.11. The lowest BCUT2D eigenvalue weighted by atomic mass is 10.1. The average Bonchev–Trinajstić information content (AvgIpc) is 2.54. The summed E-state index contributed by atoms with van der Waals surface area (Å²) in [5, 5.41) is 3.53. The largest absolute Gasteiger partial charge is 0.467 e. The molecule has 0 unspecified atom stereocenters. The predicted octanol–water partition coefficient (Wildman–Crippen LogP) is 3.51. The van der Waals surface area contributed by atoms with Crippen LogP contribution in [0.3, 0.4) is 0 Å². The second-order valence-electron chi connectivity index (χ2n) is 4.86. The Morgan fingerprint density at radius 2 is 1.87 bits per heavy atom. The van der Waals surface area contributed by atoms with Crippen molar-refractivity contribution in [2.45, 2.75) is 12.5 Å². The van der Waals surface area contributed by atoms with Crippen LogP contribution in [0.15, 0.2) is 48.5 Å². The second-order valence-corrected chi connectivity index (χ2v) is 5.71. The van der Waals surface area contributed by atoms with Gasteiger partial charge in [-0.25, -0.2) is 4.79 Å². The Balaban J connectivity index is 2.17. The van der Waals surface area contributed by atoms with E-state index in [1.807, 2.05) is 6.07 Å². The summed E-state index contributed by atoms with van der Waals surface area (Å²) in [4.78, 5) is 24.3. The summed E-state index contributed by atoms with van der Waals surface area (Å²) in [7, 11) is 1.27. The van der Waals surface area contributed by atoms with E-state index in [2.05, 4.69) is 5.32 Å². The first-order valence-corrected chi connectivity index (χ1v) is 7.64. The molecule has 0 aliphatic heterocycles. The van der Waals surface area contributed by atoms with E-state index >= 15 is 0 Å². The van der Waals surface area contributed by atoms with Crippen molar-refractivity contribution in [3.05, 3.63) is 69.7 Å². The monoisotopic (exact) mass is 351 g/mol. The van der Waals surface area contributed by atoms with Gasteiger partial charge >= 0.3 is 5.97 Å². The van der Waals surface area contributed by atoms with Crippen molar-refractivity contribution in [2.75, 3.05) is 7.11 Å². The molecule has 2 aromatic rings. The number of carbonyl (C=O) groups is 2. The van der Waals surface area contributed by atoms with Gasteiger partial charge in [-0.05, 0) is 29.8 Å². The van der Waals surface area contributed by atoms with Crippen LogP contribution in [0.2, 0.25) is 10.0 Å². The smallest absolute Gasteiger partial charge is 0.328 e. The van der Waals surface area contributed by atoms with Gasteiger partial charge in [-0.1, -0.05) is 47.5 Å². The van der Waals surface area contributed by atoms with Crippen molar-refractivity contribution in [2.24, 2.45) is 0 Å². The fourth-order valence-corrected chi connectivity index (χ4v) is 2.55. The molecule has 0 fully saturated rings. The van der Waals surface area contributed by atoms with E-state index in [1.165, 1.54) is 7.11 Å². The Morgan fingerprint density at radius 1 is 1.13 bits per heavy atom. The number of carbonyl (C=O) groups excluding carboxylic acids is 2. The van der Waals surface area contributed by atoms with Gasteiger partial charge < -0.3 is 10.1 Å². The van der Waals surface area contributed by atoms with E-state index in [4.69, 9.17) is 27.9 Å². The SMILES string of the molecule is COC(=O)[C@H](Cc1cccc(Cl)c1)NC(=O)c1ccccc1Cl. The van der Waals surface area contributed by atoms with Gasteiger partial charge in [-0.3, -0.25) is 4.79 Å². The van der Waals surface area contributed by atoms with Gasteiger partial charge in [0.15, 0.2) is 0 Å². The van der Waals surface area contributed by atoms with Gasteiger partial charge in [0.05, 0.1) is 17.7 Å². The highest BCUT2D eigenvalue weighted by atomic mass is 35.5. The molecule has 0 saturated heterocycles. The first kappa shape index (κ1) is 17.3. The van der Waals surface area contributed by atoms with E-state index < -0.39 is 17.9 Å². The first-order valence-electron chi connectivity index (χ1n) is 6.89. The number of esters is 1. The second kappa shape index (κ2) is 7.99. The lowest BCUT2D eigenvalue weighted by molar-refractivity contribution is -0.142. The maximum atomic E-state index is 12.3. The molecule has 0 aliphatic rings. The van der Waals surface area contributed by atoms with Crippen molar-refractivity contribution < 1.29 is 14.3 Å². The maximum Gasteiger partial charge on any atom is 0.328 e. The van der Waals surface area contributed by atoms with Crippen LogP contribution >= 0.6 is 23.2 Å². The third kappa shape index (κ3) is 4.71. The van der Waals surface area contributed by atoms with E-state index in [9.17, 15) is 9.59 Å². The van der Waals surface area contributed by atoms with Crippen molar-refractivity contribution in [1.82, 2.24) is 5.32 Å². The van der Waals surface area contributed by atoms with Crippen LogP contribution < -0.4 is 5.32 Å². The number of nitrogens with one attached hydrogen (secondary N) is 1. The molecule has 0 spiro atoms. The number of amides is 1. The molecule has 23 heavy (non-hydrogen) atoms. The Bertz CT molecular complexity index is 718. The third-order valence-corrected chi connectivity index (χ3v) is 3.80. The van der Waals surface area contributed by atoms with Crippen molar-refractivity contribution in [3.63, 3.8) is 0 Å². The minimum Gasteiger partial charge on any atom is -0.467 e. The zero-order chi connectivity index (χ0) is 16.8. The number of methoxy groups -OCH3 is 1. The number of halogens is 2. The maximum absolute atomic E-state index is 12.3. The number of ether oxygens (including phenoxy) is 1. The summed E-state index contributed by atoms with van der Waals surface area (Å²) in [6, 6.07) is 12.9. The predicted molar refractivity (Wildman–Crippen MR) is 89.9 cm³/mol. The Labute approximate surface area is 144 Å². The summed E-state index contributed by atoms with van der Waals surface area (Å²) >= 11 is 11.9. The summed E-state index contributed by atoms with van der Waals surface area (Å²) in [6.07, 6.45) is 0.267. The quantitative estimate of drug-likeness (QED) is 0.838. The van der Waals surface area contributed by atoms with E-state index in [0.717, 1.165) is 5.56 Å². The number of hydrogen-bond acceptors (Lipinski definition) is 3. The standard InChI is InChI=1S/C17H15Cl2NO3/c1-23-17(22)15(10-11-5-4-6-12(18)9-11)20-16(21)13-7-2-3-8-14(13)19/h2-9,15H,10H2,1H3,(H,20,21)/t15-/m0/s1. The fraction of sp³-hybridized carbons (Fsp3) is 0.176. The Morgan fingerprint density at radius 3 is 2.52 bits per heavy atom. The van der Waals surface area contributed by atoms with E-state index in [-0.39, 0.29) is 6.42 Å². The highest BCUT2D eigenvalue weighted by Crippen LogP contribution is 2.16. The molecule has 1 atom stereocenters. The van der Waals surface area contributed by atoms with E-state index in [1.54, 1.807) is 42.5 Å². The molecule has 2 aromatic carbocycles. The summed E-state index contributed by atoms with van der Waals surface area (Å²) in [6.45, 7) is 0. The van der Waals surface area contributed by atoms with Crippen LogP contribution in [-0.4, -0.2) is 25.0 Å². The summed E-state index contributed by atoms with van der Waals surface area (Å²) in [5.74, 6) is -0.974. The highest BCUT2D eigenvalue weighted by Gasteiger charge is 2.23. The molecule has 1 N–H and O–H groups in total. The van der Waals surface area contributed by atoms with Crippen LogP contribution in [0.5, 0.6) is 0 Å². The average molecular weight is 352 g/mol. The van der Waals surface area contributed by atoms with Crippen LogP contribution in [0.25, 0.3) is 0 Å². The van der Waals surface area contributed by atoms with Crippen LogP contribution in [0, 0.1) is 0 Å². The molecule has 0 bridgehead atoms. The van der Waals surface area contributed by atoms with Crippen molar-refractivity contribution >= 4 is 35.1 Å². The minimum absolute atomic E-state index is 0.267. The summed E-state index contributed by atoms with van der Waals surface area (Å²) < 4.78 is 4.76. The Kier molecular flexibility index (Phi) is 6.02.